The van der Waals surface area contributed by atoms with Crippen LogP contribution in [0.5, 0.6) is 0 Å². The van der Waals surface area contributed by atoms with E-state index in [1.165, 1.54) is 0 Å². The number of pyridine rings is 1. The summed E-state index contributed by atoms with van der Waals surface area (Å²) in [6, 6.07) is 9.73. The van der Waals surface area contributed by atoms with Crippen molar-refractivity contribution < 1.29 is 0 Å². The van der Waals surface area contributed by atoms with E-state index in [1.54, 1.807) is 12.5 Å². The van der Waals surface area contributed by atoms with Crippen molar-refractivity contribution >= 4 is 22.8 Å². The van der Waals surface area contributed by atoms with E-state index in [0.717, 1.165) is 22.4 Å². The van der Waals surface area contributed by atoms with E-state index in [9.17, 15) is 0 Å². The van der Waals surface area contributed by atoms with Crippen molar-refractivity contribution in [2.24, 2.45) is 0 Å². The fourth-order valence-corrected chi connectivity index (χ4v) is 2.27. The molecule has 1 aromatic carbocycles. The maximum absolute atomic E-state index is 6.25. The molecule has 0 amide bonds. The molecule has 84 valence electrons. The number of aromatic nitrogens is 3. The second kappa shape index (κ2) is 3.86. The van der Waals surface area contributed by atoms with Crippen LogP contribution in [-0.4, -0.2) is 14.5 Å². The first-order valence-corrected chi connectivity index (χ1v) is 5.69. The molecule has 0 aliphatic rings. The second-order valence-corrected chi connectivity index (χ2v) is 4.27. The van der Waals surface area contributed by atoms with E-state index in [-0.39, 0.29) is 0 Å². The molecule has 0 N–H and O–H groups in total. The van der Waals surface area contributed by atoms with E-state index in [0.29, 0.717) is 5.02 Å². The summed E-state index contributed by atoms with van der Waals surface area (Å²) in [7, 11) is 0. The van der Waals surface area contributed by atoms with E-state index < -0.39 is 0 Å². The van der Waals surface area contributed by atoms with Crippen molar-refractivity contribution in [2.75, 3.05) is 0 Å². The van der Waals surface area contributed by atoms with Crippen LogP contribution in [0.1, 0.15) is 5.56 Å². The number of para-hydroxylation sites is 1. The molecule has 2 heterocycles. The summed E-state index contributed by atoms with van der Waals surface area (Å²) in [5, 5.41) is 0.716. The predicted molar refractivity (Wildman–Crippen MR) is 68.6 cm³/mol. The molecule has 3 nitrogen and oxygen atoms in total. The Morgan fingerprint density at radius 2 is 2.00 bits per heavy atom. The van der Waals surface area contributed by atoms with Crippen LogP contribution in [0.4, 0.5) is 0 Å². The molecular formula is C13H10ClN3. The zero-order valence-electron chi connectivity index (χ0n) is 9.26. The van der Waals surface area contributed by atoms with Crippen LogP contribution in [0.3, 0.4) is 0 Å². The minimum absolute atomic E-state index is 0.716. The number of fused-ring (bicyclic) bond motifs is 1. The minimum Gasteiger partial charge on any atom is -0.295 e. The van der Waals surface area contributed by atoms with E-state index in [4.69, 9.17) is 11.6 Å². The Morgan fingerprint density at radius 1 is 1.12 bits per heavy atom. The maximum atomic E-state index is 6.25. The number of hydrogen-bond acceptors (Lipinski definition) is 2. The summed E-state index contributed by atoms with van der Waals surface area (Å²) in [6.45, 7) is 2.03. The van der Waals surface area contributed by atoms with Crippen LogP contribution in [0.25, 0.3) is 16.9 Å². The van der Waals surface area contributed by atoms with Gasteiger partial charge in [0, 0.05) is 6.20 Å². The van der Waals surface area contributed by atoms with Crippen LogP contribution >= 0.6 is 11.6 Å². The van der Waals surface area contributed by atoms with Crippen LogP contribution in [0.2, 0.25) is 5.02 Å². The number of imidazole rings is 1. The van der Waals surface area contributed by atoms with Gasteiger partial charge in [0.15, 0.2) is 5.65 Å². The second-order valence-electron chi connectivity index (χ2n) is 3.87. The Balaban J connectivity index is 2.35. The summed E-state index contributed by atoms with van der Waals surface area (Å²) < 4.78 is 1.97. The standard InChI is InChI=1S/C13H10ClN3/c1-9-4-2-5-10(14)12(9)17-8-16-13-11(17)6-3-7-15-13/h2-8H,1H3. The molecule has 17 heavy (non-hydrogen) atoms. The Hall–Kier alpha value is -1.87. The lowest BCUT2D eigenvalue weighted by molar-refractivity contribution is 1.07. The first kappa shape index (κ1) is 10.3. The maximum Gasteiger partial charge on any atom is 0.177 e. The van der Waals surface area contributed by atoms with Crippen LogP contribution in [0, 0.1) is 6.92 Å². The highest BCUT2D eigenvalue weighted by atomic mass is 35.5. The summed E-state index contributed by atoms with van der Waals surface area (Å²) in [4.78, 5) is 8.48. The SMILES string of the molecule is Cc1cccc(Cl)c1-n1cnc2ncccc21. The van der Waals surface area contributed by atoms with Gasteiger partial charge in [-0.15, -0.1) is 0 Å². The lowest BCUT2D eigenvalue weighted by Gasteiger charge is -2.09. The van der Waals surface area contributed by atoms with Crippen LogP contribution < -0.4 is 0 Å². The summed E-state index contributed by atoms with van der Waals surface area (Å²) >= 11 is 6.25. The quantitative estimate of drug-likeness (QED) is 0.656. The number of nitrogens with zero attached hydrogens (tertiary/aromatic N) is 3. The molecule has 0 saturated carbocycles. The van der Waals surface area contributed by atoms with Crippen LogP contribution in [0.15, 0.2) is 42.9 Å². The molecule has 0 spiro atoms. The normalized spacial score (nSPS) is 10.9. The van der Waals surface area contributed by atoms with Gasteiger partial charge in [-0.25, -0.2) is 9.97 Å². The molecule has 0 fully saturated rings. The van der Waals surface area contributed by atoms with Gasteiger partial charge < -0.3 is 0 Å². The van der Waals surface area contributed by atoms with Crippen molar-refractivity contribution in [3.63, 3.8) is 0 Å². The smallest absolute Gasteiger partial charge is 0.177 e. The Kier molecular flexibility index (Phi) is 2.34. The van der Waals surface area contributed by atoms with E-state index in [1.807, 2.05) is 41.8 Å². The molecule has 3 rings (SSSR count). The zero-order valence-corrected chi connectivity index (χ0v) is 10.0. The third kappa shape index (κ3) is 1.59. The van der Waals surface area contributed by atoms with Gasteiger partial charge in [0.25, 0.3) is 0 Å². The number of hydrogen-bond donors (Lipinski definition) is 0. The fraction of sp³-hybridized carbons (Fsp3) is 0.0769. The molecule has 3 aromatic rings. The van der Waals surface area contributed by atoms with Crippen molar-refractivity contribution in [3.8, 4) is 5.69 Å². The van der Waals surface area contributed by atoms with Crippen LogP contribution in [-0.2, 0) is 0 Å². The van der Waals surface area contributed by atoms with Gasteiger partial charge in [-0.1, -0.05) is 23.7 Å². The number of rotatable bonds is 1. The zero-order chi connectivity index (χ0) is 11.8. The average molecular weight is 244 g/mol. The molecule has 0 radical (unpaired) electrons. The molecule has 0 aliphatic carbocycles. The highest BCUT2D eigenvalue weighted by Gasteiger charge is 2.10. The summed E-state index contributed by atoms with van der Waals surface area (Å²) in [5.41, 5.74) is 3.76. The van der Waals surface area contributed by atoms with Gasteiger partial charge in [-0.2, -0.15) is 0 Å². The Labute approximate surface area is 104 Å². The molecule has 0 atom stereocenters. The first-order chi connectivity index (χ1) is 8.27. The highest BCUT2D eigenvalue weighted by molar-refractivity contribution is 6.32. The van der Waals surface area contributed by atoms with E-state index in [2.05, 4.69) is 9.97 Å². The number of aryl methyl sites for hydroxylation is 1. The predicted octanol–water partition coefficient (Wildman–Crippen LogP) is 3.38. The third-order valence-corrected chi connectivity index (χ3v) is 3.06. The van der Waals surface area contributed by atoms with Gasteiger partial charge in [0.05, 0.1) is 16.2 Å². The fourth-order valence-electron chi connectivity index (χ4n) is 1.96. The van der Waals surface area contributed by atoms with Gasteiger partial charge in [-0.05, 0) is 30.7 Å². The average Bonchev–Trinajstić information content (AvgIpc) is 2.73. The van der Waals surface area contributed by atoms with Crippen molar-refractivity contribution in [1.29, 1.82) is 0 Å². The first-order valence-electron chi connectivity index (χ1n) is 5.31. The van der Waals surface area contributed by atoms with E-state index >= 15 is 0 Å². The number of halogens is 1. The topological polar surface area (TPSA) is 30.7 Å². The lowest BCUT2D eigenvalue weighted by atomic mass is 10.2. The Morgan fingerprint density at radius 3 is 2.82 bits per heavy atom. The van der Waals surface area contributed by atoms with Crippen molar-refractivity contribution in [3.05, 3.63) is 53.4 Å². The van der Waals surface area contributed by atoms with Gasteiger partial charge in [0.1, 0.15) is 6.33 Å². The summed E-state index contributed by atoms with van der Waals surface area (Å²) in [5.74, 6) is 0. The van der Waals surface area contributed by atoms with Gasteiger partial charge >= 0.3 is 0 Å². The molecular weight excluding hydrogens is 234 g/mol. The summed E-state index contributed by atoms with van der Waals surface area (Å²) in [6.07, 6.45) is 3.49. The largest absolute Gasteiger partial charge is 0.295 e. The molecule has 0 aliphatic heterocycles. The van der Waals surface area contributed by atoms with Gasteiger partial charge in [0.2, 0.25) is 0 Å². The highest BCUT2D eigenvalue weighted by Crippen LogP contribution is 2.26. The van der Waals surface area contributed by atoms with Crippen molar-refractivity contribution in [1.82, 2.24) is 14.5 Å². The van der Waals surface area contributed by atoms with Crippen molar-refractivity contribution in [2.45, 2.75) is 6.92 Å². The Bertz CT molecular complexity index is 668. The lowest BCUT2D eigenvalue weighted by Crippen LogP contribution is -1.96. The molecule has 2 aromatic heterocycles. The third-order valence-electron chi connectivity index (χ3n) is 2.75. The molecule has 0 unspecified atom stereocenters. The molecule has 4 heteroatoms. The molecule has 0 saturated heterocycles. The monoisotopic (exact) mass is 243 g/mol. The molecule has 0 bridgehead atoms. The number of benzene rings is 1. The van der Waals surface area contributed by atoms with Gasteiger partial charge in [-0.3, -0.25) is 4.57 Å². The minimum atomic E-state index is 0.716.